The smallest absolute Gasteiger partial charge is 0.239 e. The first-order chi connectivity index (χ1) is 4.81. The van der Waals surface area contributed by atoms with Crippen LogP contribution in [-0.4, -0.2) is 24.3 Å². The van der Waals surface area contributed by atoms with Crippen molar-refractivity contribution in [3.05, 3.63) is 0 Å². The zero-order valence-corrected chi connectivity index (χ0v) is 6.53. The van der Waals surface area contributed by atoms with Crippen molar-refractivity contribution in [3.63, 3.8) is 0 Å². The van der Waals surface area contributed by atoms with Crippen molar-refractivity contribution < 1.29 is 9.59 Å². The van der Waals surface area contributed by atoms with Crippen LogP contribution in [0.2, 0.25) is 0 Å². The van der Waals surface area contributed by atoms with Crippen molar-refractivity contribution in [2.24, 2.45) is 0 Å². The number of nitrogens with one attached hydrogen (secondary N) is 2. The summed E-state index contributed by atoms with van der Waals surface area (Å²) in [6.45, 7) is 0. The molecule has 0 aliphatic heterocycles. The largest absolute Gasteiger partial charge is 0.277 e. The van der Waals surface area contributed by atoms with Crippen molar-refractivity contribution >= 4 is 24.1 Å². The molecule has 0 aromatic heterocycles. The molecule has 4 nitrogen and oxygen atoms in total. The van der Waals surface area contributed by atoms with E-state index in [-0.39, 0.29) is 5.91 Å². The monoisotopic (exact) mass is 162 g/mol. The van der Waals surface area contributed by atoms with Crippen molar-refractivity contribution in [1.82, 2.24) is 10.9 Å². The van der Waals surface area contributed by atoms with E-state index >= 15 is 0 Å². The summed E-state index contributed by atoms with van der Waals surface area (Å²) in [6, 6.07) is 0. The molecule has 0 unspecified atom stereocenters. The number of hydrogen-bond acceptors (Lipinski definition) is 3. The zero-order valence-electron chi connectivity index (χ0n) is 5.72. The fourth-order valence-electron chi connectivity index (χ4n) is 0.367. The second kappa shape index (κ2) is 6.41. The van der Waals surface area contributed by atoms with Gasteiger partial charge in [-0.3, -0.25) is 20.4 Å². The van der Waals surface area contributed by atoms with Crippen LogP contribution in [0, 0.1) is 0 Å². The molecule has 0 saturated heterocycles. The molecule has 58 valence electrons. The molecule has 0 aromatic rings. The summed E-state index contributed by atoms with van der Waals surface area (Å²) < 4.78 is 0. The lowest BCUT2D eigenvalue weighted by molar-refractivity contribution is -0.124. The SMILES string of the molecule is CSCCC(=O)NNC=O. The molecule has 0 saturated carbocycles. The van der Waals surface area contributed by atoms with E-state index in [9.17, 15) is 9.59 Å². The van der Waals surface area contributed by atoms with Crippen LogP contribution in [-0.2, 0) is 9.59 Å². The highest BCUT2D eigenvalue weighted by Crippen LogP contribution is 1.93. The highest BCUT2D eigenvalue weighted by atomic mass is 32.2. The molecule has 2 amide bonds. The van der Waals surface area contributed by atoms with Crippen molar-refractivity contribution in [2.45, 2.75) is 6.42 Å². The van der Waals surface area contributed by atoms with Crippen LogP contribution in [0.1, 0.15) is 6.42 Å². The van der Waals surface area contributed by atoms with Gasteiger partial charge in [-0.05, 0) is 6.26 Å². The van der Waals surface area contributed by atoms with Crippen molar-refractivity contribution in [1.29, 1.82) is 0 Å². The number of rotatable bonds is 5. The van der Waals surface area contributed by atoms with Gasteiger partial charge in [-0.25, -0.2) is 0 Å². The van der Waals surface area contributed by atoms with E-state index in [1.807, 2.05) is 6.26 Å². The Morgan fingerprint density at radius 1 is 1.70 bits per heavy atom. The Balaban J connectivity index is 3.16. The summed E-state index contributed by atoms with van der Waals surface area (Å²) in [5.74, 6) is 0.605. The molecular weight excluding hydrogens is 152 g/mol. The number of hydrogen-bond donors (Lipinski definition) is 2. The molecule has 0 aliphatic rings. The van der Waals surface area contributed by atoms with Gasteiger partial charge in [0.15, 0.2) is 0 Å². The molecule has 0 aliphatic carbocycles. The zero-order chi connectivity index (χ0) is 7.82. The first kappa shape index (κ1) is 9.29. The quantitative estimate of drug-likeness (QED) is 0.424. The summed E-state index contributed by atoms with van der Waals surface area (Å²) in [5, 5.41) is 0. The summed E-state index contributed by atoms with van der Waals surface area (Å²) in [7, 11) is 0. The molecule has 0 heterocycles. The van der Waals surface area contributed by atoms with Gasteiger partial charge in [0.05, 0.1) is 0 Å². The number of carbonyl (C=O) groups excluding carboxylic acids is 2. The van der Waals surface area contributed by atoms with Crippen molar-refractivity contribution in [2.75, 3.05) is 12.0 Å². The Morgan fingerprint density at radius 2 is 2.40 bits per heavy atom. The topological polar surface area (TPSA) is 58.2 Å². The number of thioether (sulfide) groups is 1. The normalized spacial score (nSPS) is 8.50. The van der Waals surface area contributed by atoms with E-state index < -0.39 is 0 Å². The molecule has 0 aromatic carbocycles. The Hall–Kier alpha value is -0.710. The molecule has 0 radical (unpaired) electrons. The van der Waals surface area contributed by atoms with Gasteiger partial charge < -0.3 is 0 Å². The maximum atomic E-state index is 10.6. The van der Waals surface area contributed by atoms with E-state index in [1.165, 1.54) is 0 Å². The summed E-state index contributed by atoms with van der Waals surface area (Å²) in [5.41, 5.74) is 4.26. The Labute approximate surface area is 63.7 Å². The molecule has 0 rings (SSSR count). The number of amides is 2. The lowest BCUT2D eigenvalue weighted by Crippen LogP contribution is -2.36. The first-order valence-corrected chi connectivity index (χ1v) is 4.17. The fourth-order valence-corrected chi connectivity index (χ4v) is 0.757. The van der Waals surface area contributed by atoms with Crippen LogP contribution in [0.25, 0.3) is 0 Å². The molecular formula is C5H10N2O2S. The van der Waals surface area contributed by atoms with Crippen LogP contribution in [0.3, 0.4) is 0 Å². The second-order valence-corrected chi connectivity index (χ2v) is 2.54. The van der Waals surface area contributed by atoms with Gasteiger partial charge in [0.25, 0.3) is 0 Å². The fraction of sp³-hybridized carbons (Fsp3) is 0.600. The van der Waals surface area contributed by atoms with Gasteiger partial charge in [-0.2, -0.15) is 11.8 Å². The standard InChI is InChI=1S/C5H10N2O2S/c1-10-3-2-5(9)7-6-4-8/h4H,2-3H2,1H3,(H,6,8)(H,7,9). The third kappa shape index (κ3) is 5.43. The van der Waals surface area contributed by atoms with E-state index in [1.54, 1.807) is 11.8 Å². The van der Waals surface area contributed by atoms with Crippen LogP contribution in [0.15, 0.2) is 0 Å². The molecule has 2 N–H and O–H groups in total. The van der Waals surface area contributed by atoms with Gasteiger partial charge in [0, 0.05) is 12.2 Å². The van der Waals surface area contributed by atoms with E-state index in [4.69, 9.17) is 0 Å². The Kier molecular flexibility index (Phi) is 5.96. The van der Waals surface area contributed by atoms with Crippen molar-refractivity contribution in [3.8, 4) is 0 Å². The maximum Gasteiger partial charge on any atom is 0.239 e. The summed E-state index contributed by atoms with van der Waals surface area (Å²) >= 11 is 1.59. The summed E-state index contributed by atoms with van der Waals surface area (Å²) in [4.78, 5) is 20.3. The van der Waals surface area contributed by atoms with E-state index in [0.717, 1.165) is 5.75 Å². The van der Waals surface area contributed by atoms with Gasteiger partial charge in [0.1, 0.15) is 0 Å². The number of hydrazine groups is 1. The van der Waals surface area contributed by atoms with Crippen LogP contribution in [0.4, 0.5) is 0 Å². The highest BCUT2D eigenvalue weighted by molar-refractivity contribution is 7.98. The average molecular weight is 162 g/mol. The molecule has 10 heavy (non-hydrogen) atoms. The van der Waals surface area contributed by atoms with Gasteiger partial charge >= 0.3 is 0 Å². The minimum absolute atomic E-state index is 0.165. The third-order valence-corrected chi connectivity index (χ3v) is 1.42. The van der Waals surface area contributed by atoms with Crippen LogP contribution in [0.5, 0.6) is 0 Å². The van der Waals surface area contributed by atoms with Crippen LogP contribution < -0.4 is 10.9 Å². The molecule has 0 bridgehead atoms. The van der Waals surface area contributed by atoms with Gasteiger partial charge in [-0.1, -0.05) is 0 Å². The molecule has 0 spiro atoms. The lowest BCUT2D eigenvalue weighted by Gasteiger charge is -1.99. The Morgan fingerprint density at radius 3 is 2.90 bits per heavy atom. The predicted octanol–water partition coefficient (Wildman–Crippen LogP) is -0.483. The molecule has 0 fully saturated rings. The first-order valence-electron chi connectivity index (χ1n) is 2.78. The number of carbonyl (C=O) groups is 2. The maximum absolute atomic E-state index is 10.6. The minimum Gasteiger partial charge on any atom is -0.277 e. The van der Waals surface area contributed by atoms with Crippen LogP contribution >= 0.6 is 11.8 Å². The predicted molar refractivity (Wildman–Crippen MR) is 40.3 cm³/mol. The Bertz CT molecular complexity index is 118. The van der Waals surface area contributed by atoms with E-state index in [0.29, 0.717) is 12.8 Å². The minimum atomic E-state index is -0.165. The van der Waals surface area contributed by atoms with Gasteiger partial charge in [-0.15, -0.1) is 0 Å². The van der Waals surface area contributed by atoms with E-state index in [2.05, 4.69) is 10.9 Å². The summed E-state index contributed by atoms with van der Waals surface area (Å²) in [6.07, 6.45) is 2.78. The molecule has 0 atom stereocenters. The highest BCUT2D eigenvalue weighted by Gasteiger charge is 1.96. The molecule has 5 heteroatoms. The lowest BCUT2D eigenvalue weighted by atomic mass is 10.5. The van der Waals surface area contributed by atoms with Gasteiger partial charge in [0.2, 0.25) is 12.3 Å². The second-order valence-electron chi connectivity index (χ2n) is 1.55. The average Bonchev–Trinajstić information content (AvgIpc) is 1.97. The third-order valence-electron chi connectivity index (χ3n) is 0.804.